The summed E-state index contributed by atoms with van der Waals surface area (Å²) < 4.78 is 10.4. The van der Waals surface area contributed by atoms with E-state index in [1.807, 2.05) is 18.2 Å². The van der Waals surface area contributed by atoms with Gasteiger partial charge in [0.05, 0.1) is 14.2 Å². The van der Waals surface area contributed by atoms with E-state index in [2.05, 4.69) is 34.7 Å². The van der Waals surface area contributed by atoms with Crippen LogP contribution in [0.15, 0.2) is 48.5 Å². The highest BCUT2D eigenvalue weighted by Gasteiger charge is 2.12. The van der Waals surface area contributed by atoms with Gasteiger partial charge in [0.1, 0.15) is 0 Å². The van der Waals surface area contributed by atoms with E-state index in [9.17, 15) is 4.79 Å². The van der Waals surface area contributed by atoms with Crippen molar-refractivity contribution in [3.63, 3.8) is 0 Å². The lowest BCUT2D eigenvalue weighted by molar-refractivity contribution is 0.102. The normalized spacial score (nSPS) is 10.3. The number of hydrogen-bond acceptors (Lipinski definition) is 6. The van der Waals surface area contributed by atoms with Gasteiger partial charge in [-0.3, -0.25) is 4.79 Å². The molecular weight excluding hydrogens is 356 g/mol. The van der Waals surface area contributed by atoms with E-state index >= 15 is 0 Å². The molecule has 0 atom stereocenters. The molecule has 28 heavy (non-hydrogen) atoms. The van der Waals surface area contributed by atoms with Gasteiger partial charge in [0.2, 0.25) is 0 Å². The molecule has 0 radical (unpaired) electrons. The lowest BCUT2D eigenvalue weighted by atomic mass is 10.1. The van der Waals surface area contributed by atoms with Gasteiger partial charge in [0.25, 0.3) is 5.91 Å². The summed E-state index contributed by atoms with van der Waals surface area (Å²) in [7, 11) is 3.06. The van der Waals surface area contributed by atoms with Crippen molar-refractivity contribution in [2.75, 3.05) is 24.9 Å². The standard InChI is InChI=1S/C21H22N4O3/c1-13-5-7-16(11-14(13)2)22-19-9-10-20(25-24-19)23-21(26)15-6-8-17(27-3)18(12-15)28-4/h5-12H,1-4H3,(H,22,24)(H,23,25,26). The van der Waals surface area contributed by atoms with Crippen LogP contribution in [0.2, 0.25) is 0 Å². The number of anilines is 3. The van der Waals surface area contributed by atoms with Crippen LogP contribution in [0.1, 0.15) is 21.5 Å². The Bertz CT molecular complexity index is 987. The number of carbonyl (C=O) groups excluding carboxylic acids is 1. The van der Waals surface area contributed by atoms with Gasteiger partial charge in [-0.1, -0.05) is 6.07 Å². The second kappa shape index (κ2) is 8.39. The summed E-state index contributed by atoms with van der Waals surface area (Å²) >= 11 is 0. The van der Waals surface area contributed by atoms with Crippen LogP contribution in [0.5, 0.6) is 11.5 Å². The number of hydrogen-bond donors (Lipinski definition) is 2. The van der Waals surface area contributed by atoms with Gasteiger partial charge in [0.15, 0.2) is 23.1 Å². The topological polar surface area (TPSA) is 85.4 Å². The van der Waals surface area contributed by atoms with Crippen LogP contribution in [-0.2, 0) is 0 Å². The first-order valence-electron chi connectivity index (χ1n) is 8.71. The lowest BCUT2D eigenvalue weighted by Crippen LogP contribution is -2.13. The SMILES string of the molecule is COc1ccc(C(=O)Nc2ccc(Nc3ccc(C)c(C)c3)nn2)cc1OC. The molecule has 0 spiro atoms. The number of methoxy groups -OCH3 is 2. The predicted octanol–water partition coefficient (Wildman–Crippen LogP) is 4.11. The Morgan fingerprint density at radius 3 is 2.18 bits per heavy atom. The van der Waals surface area contributed by atoms with Crippen LogP contribution in [0.3, 0.4) is 0 Å². The van der Waals surface area contributed by atoms with Gasteiger partial charge < -0.3 is 20.1 Å². The minimum absolute atomic E-state index is 0.315. The second-order valence-electron chi connectivity index (χ2n) is 6.25. The lowest BCUT2D eigenvalue weighted by Gasteiger charge is -2.10. The first-order valence-corrected chi connectivity index (χ1v) is 8.71. The molecule has 7 nitrogen and oxygen atoms in total. The van der Waals surface area contributed by atoms with Crippen LogP contribution in [0.25, 0.3) is 0 Å². The fraction of sp³-hybridized carbons (Fsp3) is 0.190. The van der Waals surface area contributed by atoms with E-state index in [1.165, 1.54) is 18.2 Å². The number of benzene rings is 2. The number of nitrogens with zero attached hydrogens (tertiary/aromatic N) is 2. The zero-order valence-corrected chi connectivity index (χ0v) is 16.2. The highest BCUT2D eigenvalue weighted by Crippen LogP contribution is 2.27. The van der Waals surface area contributed by atoms with E-state index in [0.29, 0.717) is 28.7 Å². The maximum atomic E-state index is 12.4. The van der Waals surface area contributed by atoms with Gasteiger partial charge >= 0.3 is 0 Å². The summed E-state index contributed by atoms with van der Waals surface area (Å²) in [5, 5.41) is 14.1. The Morgan fingerprint density at radius 2 is 1.54 bits per heavy atom. The zero-order chi connectivity index (χ0) is 20.1. The van der Waals surface area contributed by atoms with Crippen LogP contribution in [0, 0.1) is 13.8 Å². The molecule has 0 aliphatic carbocycles. The summed E-state index contributed by atoms with van der Waals surface area (Å²) in [6.45, 7) is 4.12. The molecule has 0 aliphatic heterocycles. The maximum absolute atomic E-state index is 12.4. The molecule has 3 rings (SSSR count). The Labute approximate surface area is 163 Å². The third kappa shape index (κ3) is 4.37. The maximum Gasteiger partial charge on any atom is 0.257 e. The molecule has 0 fully saturated rings. The second-order valence-corrected chi connectivity index (χ2v) is 6.25. The van der Waals surface area contributed by atoms with Crippen molar-refractivity contribution in [3.8, 4) is 11.5 Å². The minimum atomic E-state index is -0.315. The molecular formula is C21H22N4O3. The molecule has 1 amide bonds. The van der Waals surface area contributed by atoms with E-state index in [1.54, 1.807) is 37.4 Å². The first kappa shape index (κ1) is 19.2. The van der Waals surface area contributed by atoms with Crippen molar-refractivity contribution in [2.24, 2.45) is 0 Å². The van der Waals surface area contributed by atoms with Crippen molar-refractivity contribution in [1.29, 1.82) is 0 Å². The molecule has 3 aromatic rings. The van der Waals surface area contributed by atoms with Crippen molar-refractivity contribution >= 4 is 23.2 Å². The third-order valence-corrected chi connectivity index (χ3v) is 4.33. The fourth-order valence-electron chi connectivity index (χ4n) is 2.60. The first-order chi connectivity index (χ1) is 13.5. The van der Waals surface area contributed by atoms with Crippen LogP contribution < -0.4 is 20.1 Å². The van der Waals surface area contributed by atoms with Crippen molar-refractivity contribution in [3.05, 3.63) is 65.2 Å². The number of amides is 1. The molecule has 2 aromatic carbocycles. The Kier molecular flexibility index (Phi) is 5.74. The summed E-state index contributed by atoms with van der Waals surface area (Å²) in [5.41, 5.74) is 3.78. The van der Waals surface area contributed by atoms with Gasteiger partial charge in [0, 0.05) is 11.3 Å². The summed E-state index contributed by atoms with van der Waals surface area (Å²) in [4.78, 5) is 12.4. The molecule has 0 bridgehead atoms. The monoisotopic (exact) mass is 378 g/mol. The highest BCUT2D eigenvalue weighted by atomic mass is 16.5. The van der Waals surface area contributed by atoms with Gasteiger partial charge in [-0.15, -0.1) is 10.2 Å². The average Bonchev–Trinajstić information content (AvgIpc) is 2.71. The number of nitrogens with one attached hydrogen (secondary N) is 2. The summed E-state index contributed by atoms with van der Waals surface area (Å²) in [6, 6.07) is 14.5. The zero-order valence-electron chi connectivity index (χ0n) is 16.2. The van der Waals surface area contributed by atoms with Gasteiger partial charge in [-0.25, -0.2) is 0 Å². The van der Waals surface area contributed by atoms with E-state index < -0.39 is 0 Å². The Balaban J connectivity index is 1.68. The van der Waals surface area contributed by atoms with Crippen LogP contribution >= 0.6 is 0 Å². The van der Waals surface area contributed by atoms with E-state index in [0.717, 1.165) is 5.69 Å². The Hall–Kier alpha value is -3.61. The largest absolute Gasteiger partial charge is 0.493 e. The fourth-order valence-corrected chi connectivity index (χ4v) is 2.60. The smallest absolute Gasteiger partial charge is 0.257 e. The van der Waals surface area contributed by atoms with Crippen molar-refractivity contribution < 1.29 is 14.3 Å². The van der Waals surface area contributed by atoms with Gasteiger partial charge in [-0.2, -0.15) is 0 Å². The predicted molar refractivity (Wildman–Crippen MR) is 109 cm³/mol. The van der Waals surface area contributed by atoms with Crippen molar-refractivity contribution in [1.82, 2.24) is 10.2 Å². The summed E-state index contributed by atoms with van der Waals surface area (Å²) in [5.74, 6) is 1.66. The molecule has 0 saturated heterocycles. The van der Waals surface area contributed by atoms with Crippen molar-refractivity contribution in [2.45, 2.75) is 13.8 Å². The van der Waals surface area contributed by atoms with E-state index in [-0.39, 0.29) is 5.91 Å². The molecule has 7 heteroatoms. The van der Waals surface area contributed by atoms with Crippen LogP contribution in [0.4, 0.5) is 17.3 Å². The van der Waals surface area contributed by atoms with Crippen LogP contribution in [-0.4, -0.2) is 30.3 Å². The number of carbonyl (C=O) groups is 1. The molecule has 2 N–H and O–H groups in total. The number of ether oxygens (including phenoxy) is 2. The summed E-state index contributed by atoms with van der Waals surface area (Å²) in [6.07, 6.45) is 0. The molecule has 144 valence electrons. The number of aryl methyl sites for hydroxylation is 2. The number of rotatable bonds is 6. The molecule has 0 unspecified atom stereocenters. The van der Waals surface area contributed by atoms with Gasteiger partial charge in [-0.05, 0) is 67.4 Å². The molecule has 1 aromatic heterocycles. The number of aromatic nitrogens is 2. The molecule has 1 heterocycles. The Morgan fingerprint density at radius 1 is 0.821 bits per heavy atom. The minimum Gasteiger partial charge on any atom is -0.493 e. The quantitative estimate of drug-likeness (QED) is 0.671. The highest BCUT2D eigenvalue weighted by molar-refractivity contribution is 6.04. The average molecular weight is 378 g/mol. The third-order valence-electron chi connectivity index (χ3n) is 4.33. The van der Waals surface area contributed by atoms with E-state index in [4.69, 9.17) is 9.47 Å². The molecule has 0 aliphatic rings. The molecule has 0 saturated carbocycles.